The normalized spacial score (nSPS) is 18.4. The standard InChI is InChI=1S/C19H23BFNO3/c1-13-7-6-10-22-16(13)12-23-17-11-14(8-9-15(17)21)20-24-18(2,3)19(4,5)25-20/h6-11H,12H2,1-5H3. The number of aromatic nitrogens is 1. The number of hydrogen-bond acceptors (Lipinski definition) is 4. The lowest BCUT2D eigenvalue weighted by Gasteiger charge is -2.32. The highest BCUT2D eigenvalue weighted by atomic mass is 19.1. The van der Waals surface area contributed by atoms with Crippen molar-refractivity contribution in [1.29, 1.82) is 0 Å². The number of hydrogen-bond donors (Lipinski definition) is 0. The van der Waals surface area contributed by atoms with E-state index in [0.717, 1.165) is 16.7 Å². The molecule has 0 unspecified atom stereocenters. The van der Waals surface area contributed by atoms with E-state index >= 15 is 0 Å². The van der Waals surface area contributed by atoms with Gasteiger partial charge in [-0.2, -0.15) is 0 Å². The molecule has 0 aliphatic carbocycles. The lowest BCUT2D eigenvalue weighted by atomic mass is 9.79. The van der Waals surface area contributed by atoms with Crippen LogP contribution < -0.4 is 10.2 Å². The molecule has 1 saturated heterocycles. The molecule has 2 aromatic rings. The summed E-state index contributed by atoms with van der Waals surface area (Å²) in [6.45, 7) is 10.1. The molecular weight excluding hydrogens is 320 g/mol. The van der Waals surface area contributed by atoms with Crippen LogP contribution in [0.15, 0.2) is 36.5 Å². The van der Waals surface area contributed by atoms with E-state index in [2.05, 4.69) is 4.98 Å². The Hall–Kier alpha value is -1.92. The number of rotatable bonds is 4. The number of halogens is 1. The van der Waals surface area contributed by atoms with Gasteiger partial charge in [0.15, 0.2) is 11.6 Å². The summed E-state index contributed by atoms with van der Waals surface area (Å²) in [6.07, 6.45) is 1.70. The monoisotopic (exact) mass is 343 g/mol. The van der Waals surface area contributed by atoms with Gasteiger partial charge in [0.2, 0.25) is 0 Å². The van der Waals surface area contributed by atoms with E-state index in [1.165, 1.54) is 6.07 Å². The zero-order chi connectivity index (χ0) is 18.2. The summed E-state index contributed by atoms with van der Waals surface area (Å²) >= 11 is 0. The van der Waals surface area contributed by atoms with Gasteiger partial charge in [-0.25, -0.2) is 4.39 Å². The van der Waals surface area contributed by atoms with Gasteiger partial charge in [0, 0.05) is 6.20 Å². The Morgan fingerprint density at radius 2 is 1.80 bits per heavy atom. The zero-order valence-electron chi connectivity index (χ0n) is 15.3. The van der Waals surface area contributed by atoms with Crippen LogP contribution in [0.5, 0.6) is 5.75 Å². The Kier molecular flexibility index (Phi) is 4.60. The minimum absolute atomic E-state index is 0.164. The largest absolute Gasteiger partial charge is 0.494 e. The maximum absolute atomic E-state index is 14.1. The fourth-order valence-corrected chi connectivity index (χ4v) is 2.57. The highest BCUT2D eigenvalue weighted by molar-refractivity contribution is 6.62. The van der Waals surface area contributed by atoms with Crippen molar-refractivity contribution in [3.05, 3.63) is 53.6 Å². The molecule has 25 heavy (non-hydrogen) atoms. The molecule has 132 valence electrons. The molecule has 1 fully saturated rings. The van der Waals surface area contributed by atoms with Crippen molar-refractivity contribution in [2.45, 2.75) is 52.4 Å². The van der Waals surface area contributed by atoms with E-state index in [-0.39, 0.29) is 12.4 Å². The van der Waals surface area contributed by atoms with Gasteiger partial charge in [0.1, 0.15) is 6.61 Å². The summed E-state index contributed by atoms with van der Waals surface area (Å²) in [5.74, 6) is -0.258. The highest BCUT2D eigenvalue weighted by Gasteiger charge is 2.51. The molecule has 0 saturated carbocycles. The first-order chi connectivity index (χ1) is 11.7. The second-order valence-corrected chi connectivity index (χ2v) is 7.33. The summed E-state index contributed by atoms with van der Waals surface area (Å²) in [6, 6.07) is 8.48. The second kappa shape index (κ2) is 6.43. The van der Waals surface area contributed by atoms with Gasteiger partial charge < -0.3 is 14.0 Å². The maximum Gasteiger partial charge on any atom is 0.494 e. The van der Waals surface area contributed by atoms with Crippen LogP contribution in [-0.2, 0) is 15.9 Å². The Balaban J connectivity index is 1.79. The van der Waals surface area contributed by atoms with Crippen LogP contribution in [0.2, 0.25) is 0 Å². The van der Waals surface area contributed by atoms with Crippen molar-refractivity contribution < 1.29 is 18.4 Å². The van der Waals surface area contributed by atoms with E-state index in [9.17, 15) is 4.39 Å². The fraction of sp³-hybridized carbons (Fsp3) is 0.421. The second-order valence-electron chi connectivity index (χ2n) is 7.33. The summed E-state index contributed by atoms with van der Waals surface area (Å²) in [4.78, 5) is 4.26. The maximum atomic E-state index is 14.1. The molecule has 0 amide bonds. The molecule has 0 N–H and O–H groups in total. The van der Waals surface area contributed by atoms with Crippen LogP contribution in [0.3, 0.4) is 0 Å². The van der Waals surface area contributed by atoms with Crippen LogP contribution in [0.1, 0.15) is 39.0 Å². The van der Waals surface area contributed by atoms with E-state index in [4.69, 9.17) is 14.0 Å². The highest BCUT2D eigenvalue weighted by Crippen LogP contribution is 2.36. The van der Waals surface area contributed by atoms with Crippen LogP contribution in [0.4, 0.5) is 4.39 Å². The molecule has 0 bridgehead atoms. The SMILES string of the molecule is Cc1cccnc1COc1cc(B2OC(C)(C)C(C)(C)O2)ccc1F. The molecule has 3 rings (SSSR count). The third kappa shape index (κ3) is 3.55. The van der Waals surface area contributed by atoms with Crippen LogP contribution >= 0.6 is 0 Å². The predicted octanol–water partition coefficient (Wildman–Crippen LogP) is 3.41. The molecule has 4 nitrogen and oxygen atoms in total. The molecule has 1 aliphatic rings. The van der Waals surface area contributed by atoms with Crippen molar-refractivity contribution in [2.75, 3.05) is 0 Å². The van der Waals surface area contributed by atoms with Gasteiger partial charge in [-0.05, 0) is 63.8 Å². The molecule has 1 aliphatic heterocycles. The van der Waals surface area contributed by atoms with Crippen molar-refractivity contribution >= 4 is 12.6 Å². The Bertz CT molecular complexity index is 763. The summed E-state index contributed by atoms with van der Waals surface area (Å²) in [7, 11) is -0.551. The summed E-state index contributed by atoms with van der Waals surface area (Å²) in [5, 5.41) is 0. The van der Waals surface area contributed by atoms with Gasteiger partial charge in [-0.15, -0.1) is 0 Å². The third-order valence-electron chi connectivity index (χ3n) is 4.96. The molecule has 0 spiro atoms. The molecule has 0 radical (unpaired) electrons. The average Bonchev–Trinajstić information content (AvgIpc) is 2.76. The van der Waals surface area contributed by atoms with Crippen LogP contribution in [0, 0.1) is 12.7 Å². The number of aryl methyl sites for hydroxylation is 1. The fourth-order valence-electron chi connectivity index (χ4n) is 2.57. The minimum atomic E-state index is -0.551. The van der Waals surface area contributed by atoms with E-state index < -0.39 is 24.1 Å². The lowest BCUT2D eigenvalue weighted by Crippen LogP contribution is -2.41. The molecular formula is C19H23BFNO3. The number of ether oxygens (including phenoxy) is 1. The molecule has 1 aromatic heterocycles. The van der Waals surface area contributed by atoms with Crippen molar-refractivity contribution in [3.63, 3.8) is 0 Å². The van der Waals surface area contributed by atoms with Gasteiger partial charge in [0.25, 0.3) is 0 Å². The van der Waals surface area contributed by atoms with E-state index in [1.54, 1.807) is 18.3 Å². The molecule has 0 atom stereocenters. The van der Waals surface area contributed by atoms with Gasteiger partial charge in [-0.1, -0.05) is 12.1 Å². The average molecular weight is 343 g/mol. The third-order valence-corrected chi connectivity index (χ3v) is 4.96. The van der Waals surface area contributed by atoms with Gasteiger partial charge in [0.05, 0.1) is 16.9 Å². The lowest BCUT2D eigenvalue weighted by molar-refractivity contribution is 0.00578. The Morgan fingerprint density at radius 1 is 1.12 bits per heavy atom. The molecule has 1 aromatic carbocycles. The van der Waals surface area contributed by atoms with Crippen molar-refractivity contribution in [2.24, 2.45) is 0 Å². The number of pyridine rings is 1. The first-order valence-corrected chi connectivity index (χ1v) is 8.38. The number of benzene rings is 1. The topological polar surface area (TPSA) is 40.6 Å². The summed E-state index contributed by atoms with van der Waals surface area (Å²) in [5.41, 5.74) is 1.62. The predicted molar refractivity (Wildman–Crippen MR) is 95.4 cm³/mol. The molecule has 6 heteroatoms. The Labute approximate surface area is 148 Å². The minimum Gasteiger partial charge on any atom is -0.484 e. The first-order valence-electron chi connectivity index (χ1n) is 8.38. The van der Waals surface area contributed by atoms with Crippen molar-refractivity contribution in [3.8, 4) is 5.75 Å². The Morgan fingerprint density at radius 3 is 2.44 bits per heavy atom. The van der Waals surface area contributed by atoms with Crippen LogP contribution in [0.25, 0.3) is 0 Å². The zero-order valence-corrected chi connectivity index (χ0v) is 15.3. The first kappa shape index (κ1) is 17.9. The van der Waals surface area contributed by atoms with E-state index in [0.29, 0.717) is 0 Å². The number of nitrogens with zero attached hydrogens (tertiary/aromatic N) is 1. The molecule has 2 heterocycles. The quantitative estimate of drug-likeness (QED) is 0.798. The van der Waals surface area contributed by atoms with Crippen LogP contribution in [-0.4, -0.2) is 23.3 Å². The summed E-state index contributed by atoms with van der Waals surface area (Å²) < 4.78 is 31.8. The van der Waals surface area contributed by atoms with Gasteiger partial charge >= 0.3 is 7.12 Å². The van der Waals surface area contributed by atoms with Crippen molar-refractivity contribution in [1.82, 2.24) is 4.98 Å². The van der Waals surface area contributed by atoms with Gasteiger partial charge in [-0.3, -0.25) is 4.98 Å². The smallest absolute Gasteiger partial charge is 0.484 e. The van der Waals surface area contributed by atoms with E-state index in [1.807, 2.05) is 46.8 Å².